The van der Waals surface area contributed by atoms with Crippen LogP contribution in [-0.4, -0.2) is 38.9 Å². The molecule has 1 N–H and O–H groups in total. The van der Waals surface area contributed by atoms with Crippen molar-refractivity contribution in [3.8, 4) is 11.1 Å². The fraction of sp³-hybridized carbons (Fsp3) is 0.368. The summed E-state index contributed by atoms with van der Waals surface area (Å²) in [7, 11) is 0. The Kier molecular flexibility index (Phi) is 4.78. The summed E-state index contributed by atoms with van der Waals surface area (Å²) in [6, 6.07) is 6.89. The number of hydrogen-bond donors (Lipinski definition) is 1. The molecular weight excluding hydrogens is 355 g/mol. The van der Waals surface area contributed by atoms with Crippen molar-refractivity contribution < 1.29 is 9.50 Å². The molecule has 136 valence electrons. The molecule has 0 amide bonds. The predicted molar refractivity (Wildman–Crippen MR) is 100 cm³/mol. The lowest BCUT2D eigenvalue weighted by Crippen LogP contribution is -2.41. The van der Waals surface area contributed by atoms with Gasteiger partial charge in [-0.05, 0) is 49.4 Å². The van der Waals surface area contributed by atoms with Crippen LogP contribution in [0.2, 0.25) is 5.02 Å². The van der Waals surface area contributed by atoms with E-state index in [1.54, 1.807) is 24.5 Å². The zero-order valence-corrected chi connectivity index (χ0v) is 15.0. The largest absolute Gasteiger partial charge is 0.396 e. The molecule has 0 spiro atoms. The maximum atomic E-state index is 13.5. The third-order valence-corrected chi connectivity index (χ3v) is 5.29. The van der Waals surface area contributed by atoms with Gasteiger partial charge >= 0.3 is 0 Å². The van der Waals surface area contributed by atoms with E-state index in [1.165, 1.54) is 12.5 Å². The summed E-state index contributed by atoms with van der Waals surface area (Å²) in [6.45, 7) is 1.11. The minimum absolute atomic E-state index is 0.0806. The number of benzene rings is 1. The van der Waals surface area contributed by atoms with Crippen molar-refractivity contribution in [1.29, 1.82) is 0 Å². The van der Waals surface area contributed by atoms with E-state index in [4.69, 9.17) is 11.6 Å². The molecule has 2 aromatic heterocycles. The second-order valence-electron chi connectivity index (χ2n) is 6.58. The number of aliphatic hydroxyl groups is 1. The van der Waals surface area contributed by atoms with Crippen molar-refractivity contribution >= 4 is 23.1 Å². The number of aliphatic hydroxyl groups excluding tert-OH is 1. The van der Waals surface area contributed by atoms with E-state index in [9.17, 15) is 9.50 Å². The lowest BCUT2D eigenvalue weighted by atomic mass is 9.99. The number of rotatable bonds is 4. The van der Waals surface area contributed by atoms with Crippen molar-refractivity contribution in [1.82, 2.24) is 14.6 Å². The third kappa shape index (κ3) is 3.04. The number of nitrogens with zero attached hydrogens (tertiary/aromatic N) is 4. The molecule has 1 atom stereocenters. The molecule has 0 aliphatic carbocycles. The first kappa shape index (κ1) is 17.2. The van der Waals surface area contributed by atoms with Gasteiger partial charge < -0.3 is 10.0 Å². The van der Waals surface area contributed by atoms with E-state index in [-0.39, 0.29) is 11.6 Å². The maximum Gasteiger partial charge on any atom is 0.165 e. The van der Waals surface area contributed by atoms with Gasteiger partial charge in [0.1, 0.15) is 11.6 Å². The second-order valence-corrected chi connectivity index (χ2v) is 6.99. The quantitative estimate of drug-likeness (QED) is 0.751. The summed E-state index contributed by atoms with van der Waals surface area (Å²) >= 11 is 5.93. The summed E-state index contributed by atoms with van der Waals surface area (Å²) in [4.78, 5) is 6.79. The smallest absolute Gasteiger partial charge is 0.165 e. The summed E-state index contributed by atoms with van der Waals surface area (Å²) in [5, 5.41) is 14.0. The van der Waals surface area contributed by atoms with E-state index in [0.717, 1.165) is 42.8 Å². The van der Waals surface area contributed by atoms with Crippen molar-refractivity contribution in [3.05, 3.63) is 47.5 Å². The third-order valence-electron chi connectivity index (χ3n) is 5.00. The van der Waals surface area contributed by atoms with Crippen molar-refractivity contribution in [3.63, 3.8) is 0 Å². The number of hydrogen-bond acceptors (Lipinski definition) is 4. The van der Waals surface area contributed by atoms with Gasteiger partial charge in [-0.1, -0.05) is 17.7 Å². The van der Waals surface area contributed by atoms with Crippen LogP contribution in [-0.2, 0) is 0 Å². The summed E-state index contributed by atoms with van der Waals surface area (Å²) in [6.07, 6.45) is 7.60. The Morgan fingerprint density at radius 3 is 2.96 bits per heavy atom. The predicted octanol–water partition coefficient (Wildman–Crippen LogP) is 3.93. The highest BCUT2D eigenvalue weighted by Gasteiger charge is 2.25. The molecule has 0 bridgehead atoms. The first-order valence-corrected chi connectivity index (χ1v) is 9.22. The molecule has 7 heteroatoms. The normalized spacial score (nSPS) is 17.8. The maximum absolute atomic E-state index is 13.5. The molecule has 1 aromatic carbocycles. The fourth-order valence-electron chi connectivity index (χ4n) is 3.72. The molecule has 26 heavy (non-hydrogen) atoms. The molecule has 3 aromatic rings. The van der Waals surface area contributed by atoms with Gasteiger partial charge in [0, 0.05) is 31.0 Å². The van der Waals surface area contributed by atoms with Crippen LogP contribution in [0.25, 0.3) is 16.8 Å². The highest BCUT2D eigenvalue weighted by atomic mass is 35.5. The van der Waals surface area contributed by atoms with Gasteiger partial charge in [0.15, 0.2) is 5.65 Å². The van der Waals surface area contributed by atoms with E-state index >= 15 is 0 Å². The first-order valence-electron chi connectivity index (χ1n) is 8.84. The Hall–Kier alpha value is -2.18. The zero-order chi connectivity index (χ0) is 18.1. The first-order chi connectivity index (χ1) is 12.7. The van der Waals surface area contributed by atoms with Crippen LogP contribution in [0, 0.1) is 5.82 Å². The van der Waals surface area contributed by atoms with Crippen LogP contribution in [0.3, 0.4) is 0 Å². The monoisotopic (exact) mass is 374 g/mol. The number of anilines is 1. The molecular formula is C19H20ClFN4O. The Labute approximate surface area is 156 Å². The SMILES string of the molecule is OCCC1CCCCN1c1ccnc2c(-c3ccc(F)c(Cl)c3)cnn12. The van der Waals surface area contributed by atoms with Crippen molar-refractivity contribution in [2.24, 2.45) is 0 Å². The summed E-state index contributed by atoms with van der Waals surface area (Å²) in [5.41, 5.74) is 2.30. The number of piperidine rings is 1. The topological polar surface area (TPSA) is 53.7 Å². The molecule has 1 saturated heterocycles. The van der Waals surface area contributed by atoms with E-state index in [2.05, 4.69) is 15.0 Å². The molecule has 1 fully saturated rings. The molecule has 5 nitrogen and oxygen atoms in total. The van der Waals surface area contributed by atoms with Gasteiger partial charge in [0.25, 0.3) is 0 Å². The zero-order valence-electron chi connectivity index (χ0n) is 14.3. The Morgan fingerprint density at radius 1 is 1.27 bits per heavy atom. The van der Waals surface area contributed by atoms with Crippen molar-refractivity contribution in [2.75, 3.05) is 18.1 Å². The molecule has 4 rings (SSSR count). The number of aromatic nitrogens is 3. The molecule has 1 aliphatic heterocycles. The van der Waals surface area contributed by atoms with Crippen LogP contribution < -0.4 is 4.90 Å². The van der Waals surface area contributed by atoms with E-state index < -0.39 is 5.82 Å². The van der Waals surface area contributed by atoms with Gasteiger partial charge in [-0.15, -0.1) is 0 Å². The summed E-state index contributed by atoms with van der Waals surface area (Å²) < 4.78 is 15.3. The van der Waals surface area contributed by atoms with Crippen molar-refractivity contribution in [2.45, 2.75) is 31.7 Å². The highest BCUT2D eigenvalue weighted by molar-refractivity contribution is 6.31. The van der Waals surface area contributed by atoms with Gasteiger partial charge in [-0.3, -0.25) is 0 Å². The average molecular weight is 375 g/mol. The molecule has 1 unspecified atom stereocenters. The Balaban J connectivity index is 1.78. The molecule has 3 heterocycles. The lowest BCUT2D eigenvalue weighted by molar-refractivity contribution is 0.262. The van der Waals surface area contributed by atoms with Crippen LogP contribution in [0.5, 0.6) is 0 Å². The minimum Gasteiger partial charge on any atom is -0.396 e. The highest BCUT2D eigenvalue weighted by Crippen LogP contribution is 2.31. The van der Waals surface area contributed by atoms with Gasteiger partial charge in [-0.2, -0.15) is 9.61 Å². The standard InChI is InChI=1S/C19H20ClFN4O/c20-16-11-13(4-5-17(16)21)15-12-23-25-18(6-8-22-19(15)25)24-9-2-1-3-14(24)7-10-26/h4-6,8,11-12,14,26H,1-3,7,9-10H2. The van der Waals surface area contributed by atoms with Gasteiger partial charge in [0.05, 0.1) is 11.2 Å². The second kappa shape index (κ2) is 7.21. The molecule has 0 radical (unpaired) electrons. The molecule has 1 aliphatic rings. The van der Waals surface area contributed by atoms with Crippen LogP contribution in [0.1, 0.15) is 25.7 Å². The Morgan fingerprint density at radius 2 is 2.15 bits per heavy atom. The number of halogens is 2. The van der Waals surface area contributed by atoms with Crippen LogP contribution in [0.15, 0.2) is 36.7 Å². The van der Waals surface area contributed by atoms with E-state index in [1.807, 2.05) is 10.6 Å². The minimum atomic E-state index is -0.444. The van der Waals surface area contributed by atoms with Crippen LogP contribution >= 0.6 is 11.6 Å². The number of fused-ring (bicyclic) bond motifs is 1. The fourth-order valence-corrected chi connectivity index (χ4v) is 3.90. The van der Waals surface area contributed by atoms with Gasteiger partial charge in [-0.25, -0.2) is 9.37 Å². The van der Waals surface area contributed by atoms with E-state index in [0.29, 0.717) is 11.7 Å². The lowest BCUT2D eigenvalue weighted by Gasteiger charge is -2.37. The van der Waals surface area contributed by atoms with Crippen LogP contribution in [0.4, 0.5) is 10.2 Å². The molecule has 0 saturated carbocycles. The summed E-state index contributed by atoms with van der Waals surface area (Å²) in [5.74, 6) is 0.522. The Bertz CT molecular complexity index is 927. The average Bonchev–Trinajstić information content (AvgIpc) is 3.09. The van der Waals surface area contributed by atoms with Gasteiger partial charge in [0.2, 0.25) is 0 Å².